The lowest BCUT2D eigenvalue weighted by atomic mass is 10.1. The van der Waals surface area contributed by atoms with Crippen LogP contribution in [0.1, 0.15) is 24.3 Å². The van der Waals surface area contributed by atoms with Gasteiger partial charge in [-0.1, -0.05) is 0 Å². The number of nitrogens with zero attached hydrogens (tertiary/aromatic N) is 2. The number of nitrogens with two attached hydrogens (primary N) is 1. The van der Waals surface area contributed by atoms with E-state index in [1.165, 1.54) is 23.1 Å². The highest BCUT2D eigenvalue weighted by molar-refractivity contribution is 8.15. The smallest absolute Gasteiger partial charge is 0.329 e. The van der Waals surface area contributed by atoms with Gasteiger partial charge in [0.15, 0.2) is 12.0 Å². The highest BCUT2D eigenvalue weighted by Crippen LogP contribution is 2.31. The Morgan fingerprint density at radius 2 is 1.82 bits per heavy atom. The van der Waals surface area contributed by atoms with Gasteiger partial charge in [0.2, 0.25) is 23.6 Å². The molecule has 0 spiro atoms. The molecule has 18 nitrogen and oxygen atoms in total. The average molecular weight is 724 g/mol. The van der Waals surface area contributed by atoms with Crippen molar-refractivity contribution in [1.82, 2.24) is 26.3 Å². The standard InChI is InChI=1S/C29H41N9O9S2/c1-45-9-10-46-11-12-47-15-24(41)32-8-6-22(39)34-14-23(40)36-19(3-2-7-33-29(30)31)25(42)35-17-4-5-18-21(13-17)49-27(37-18)26-38-20(16-48-26)28(43)44/h4-5,13,19-20H,2-3,6-12,14-16H2,1H3,(H,32,41)(H,34,39)(H,35,42)(H,36,40)(H,43,44)(H4,30,31,33)/t19-,20+/m0/s1. The molecule has 2 aromatic rings. The minimum Gasteiger partial charge on any atom is -0.480 e. The molecular weight excluding hydrogens is 683 g/mol. The zero-order valence-electron chi connectivity index (χ0n) is 26.9. The maximum absolute atomic E-state index is 13.3. The molecular formula is C29H41N9O9S2. The first-order valence-electron chi connectivity index (χ1n) is 15.3. The van der Waals surface area contributed by atoms with E-state index in [0.717, 1.165) is 4.70 Å². The fourth-order valence-corrected chi connectivity index (χ4v) is 6.25. The van der Waals surface area contributed by atoms with Crippen molar-refractivity contribution in [2.75, 3.05) is 70.8 Å². The highest BCUT2D eigenvalue weighted by atomic mass is 32.2. The predicted octanol–water partition coefficient (Wildman–Crippen LogP) is -0.768. The lowest BCUT2D eigenvalue weighted by Crippen LogP contribution is -2.48. The van der Waals surface area contributed by atoms with E-state index in [1.807, 2.05) is 0 Å². The number of methoxy groups -OCH3 is 1. The lowest BCUT2D eigenvalue weighted by molar-refractivity contribution is -0.137. The Hall–Kier alpha value is -4.37. The molecule has 0 bridgehead atoms. The summed E-state index contributed by atoms with van der Waals surface area (Å²) in [5, 5.41) is 30.8. The van der Waals surface area contributed by atoms with Crippen LogP contribution in [0, 0.1) is 5.41 Å². The summed E-state index contributed by atoms with van der Waals surface area (Å²) in [6.07, 6.45) is 0.518. The number of ether oxygens (including phenoxy) is 3. The van der Waals surface area contributed by atoms with Gasteiger partial charge in [-0.25, -0.2) is 9.78 Å². The number of carboxylic acid groups (broad SMARTS) is 1. The Bertz CT molecular complexity index is 1500. The van der Waals surface area contributed by atoms with Crippen molar-refractivity contribution in [3.05, 3.63) is 23.2 Å². The second-order valence-electron chi connectivity index (χ2n) is 10.4. The van der Waals surface area contributed by atoms with Gasteiger partial charge >= 0.3 is 5.97 Å². The Morgan fingerprint density at radius 1 is 1.04 bits per heavy atom. The number of anilines is 1. The Labute approximate surface area is 290 Å². The summed E-state index contributed by atoms with van der Waals surface area (Å²) in [5.41, 5.74) is 6.44. The molecule has 9 N–H and O–H groups in total. The summed E-state index contributed by atoms with van der Waals surface area (Å²) in [6.45, 7) is 1.19. The largest absolute Gasteiger partial charge is 0.480 e. The quantitative estimate of drug-likeness (QED) is 0.0422. The molecule has 1 aliphatic rings. The SMILES string of the molecule is COCCOCCOCC(=O)NCCC(=O)NCC(=O)N[C@@H](CCCNC(=N)N)C(=O)Nc1ccc2nc(C3=N[C@@H](C(=O)O)CS3)sc2c1. The minimum atomic E-state index is -0.991. The summed E-state index contributed by atoms with van der Waals surface area (Å²) in [4.78, 5) is 70.1. The van der Waals surface area contributed by atoms with Gasteiger partial charge in [-0.05, 0) is 31.0 Å². The Balaban J connectivity index is 1.47. The number of nitrogens with one attached hydrogen (secondary N) is 6. The van der Waals surface area contributed by atoms with Gasteiger partial charge in [-0.3, -0.25) is 29.6 Å². The second-order valence-corrected chi connectivity index (χ2v) is 12.5. The van der Waals surface area contributed by atoms with E-state index in [-0.39, 0.29) is 38.6 Å². The number of hydrogen-bond acceptors (Lipinski definition) is 13. The number of rotatable bonds is 22. The molecule has 2 atom stereocenters. The van der Waals surface area contributed by atoms with Gasteiger partial charge in [0.1, 0.15) is 22.7 Å². The highest BCUT2D eigenvalue weighted by Gasteiger charge is 2.27. The van der Waals surface area contributed by atoms with Crippen LogP contribution in [0.2, 0.25) is 0 Å². The first kappa shape index (κ1) is 39.1. The summed E-state index contributed by atoms with van der Waals surface area (Å²) in [7, 11) is 1.56. The van der Waals surface area contributed by atoms with E-state index >= 15 is 0 Å². The van der Waals surface area contributed by atoms with Crippen molar-refractivity contribution in [3.63, 3.8) is 0 Å². The Kier molecular flexibility index (Phi) is 16.6. The molecule has 49 heavy (non-hydrogen) atoms. The van der Waals surface area contributed by atoms with Gasteiger partial charge in [-0.2, -0.15) is 0 Å². The molecule has 2 heterocycles. The van der Waals surface area contributed by atoms with Crippen molar-refractivity contribution in [1.29, 1.82) is 5.41 Å². The summed E-state index contributed by atoms with van der Waals surface area (Å²) in [6, 6.07) is 3.31. The van der Waals surface area contributed by atoms with Crippen LogP contribution in [0.3, 0.4) is 0 Å². The lowest BCUT2D eigenvalue weighted by Gasteiger charge is -2.19. The summed E-state index contributed by atoms with van der Waals surface area (Å²) in [5.74, 6) is -2.86. The summed E-state index contributed by atoms with van der Waals surface area (Å²) >= 11 is 2.64. The van der Waals surface area contributed by atoms with E-state index in [1.54, 1.807) is 25.3 Å². The number of aliphatic carboxylic acids is 1. The number of aromatic nitrogens is 1. The van der Waals surface area contributed by atoms with Crippen LogP contribution in [-0.2, 0) is 38.2 Å². The van der Waals surface area contributed by atoms with Crippen LogP contribution < -0.4 is 32.3 Å². The maximum atomic E-state index is 13.3. The number of benzene rings is 1. The predicted molar refractivity (Wildman–Crippen MR) is 184 cm³/mol. The van der Waals surface area contributed by atoms with Crippen molar-refractivity contribution in [2.45, 2.75) is 31.3 Å². The maximum Gasteiger partial charge on any atom is 0.329 e. The number of thiazole rings is 1. The fraction of sp³-hybridized carbons (Fsp3) is 0.517. The Morgan fingerprint density at radius 3 is 2.55 bits per heavy atom. The molecule has 4 amide bonds. The molecule has 268 valence electrons. The third-order valence-electron chi connectivity index (χ3n) is 6.57. The molecule has 3 rings (SSSR count). The molecule has 0 radical (unpaired) electrons. The van der Waals surface area contributed by atoms with E-state index in [4.69, 9.17) is 25.4 Å². The molecule has 0 saturated carbocycles. The van der Waals surface area contributed by atoms with Gasteiger partial charge in [-0.15, -0.1) is 23.1 Å². The monoisotopic (exact) mass is 723 g/mol. The minimum absolute atomic E-state index is 0.0373. The molecule has 1 aromatic heterocycles. The molecule has 0 unspecified atom stereocenters. The molecule has 0 saturated heterocycles. The van der Waals surface area contributed by atoms with Crippen LogP contribution in [0.15, 0.2) is 23.2 Å². The van der Waals surface area contributed by atoms with Crippen LogP contribution in [0.5, 0.6) is 0 Å². The van der Waals surface area contributed by atoms with E-state index in [2.05, 4.69) is 36.6 Å². The van der Waals surface area contributed by atoms with Gasteiger partial charge in [0, 0.05) is 38.1 Å². The number of carbonyl (C=O) groups is 5. The number of thioether (sulfide) groups is 1. The van der Waals surface area contributed by atoms with Crippen molar-refractivity contribution in [2.24, 2.45) is 10.7 Å². The van der Waals surface area contributed by atoms with Crippen LogP contribution in [-0.4, -0.2) is 128 Å². The van der Waals surface area contributed by atoms with Gasteiger partial charge in [0.25, 0.3) is 0 Å². The summed E-state index contributed by atoms with van der Waals surface area (Å²) < 4.78 is 16.0. The third-order valence-corrected chi connectivity index (χ3v) is 8.78. The van der Waals surface area contributed by atoms with Crippen molar-refractivity contribution >= 4 is 79.6 Å². The molecule has 1 aromatic carbocycles. The average Bonchev–Trinajstić information content (AvgIpc) is 3.72. The molecule has 0 aliphatic carbocycles. The zero-order valence-corrected chi connectivity index (χ0v) is 28.5. The van der Waals surface area contributed by atoms with Gasteiger partial charge < -0.3 is 51.6 Å². The van der Waals surface area contributed by atoms with Crippen LogP contribution in [0.25, 0.3) is 10.2 Å². The van der Waals surface area contributed by atoms with Gasteiger partial charge in [0.05, 0.1) is 43.2 Å². The first-order valence-corrected chi connectivity index (χ1v) is 17.1. The van der Waals surface area contributed by atoms with Crippen molar-refractivity contribution < 1.29 is 43.3 Å². The fourth-order valence-electron chi connectivity index (χ4n) is 4.14. The second kappa shape index (κ2) is 20.9. The molecule has 1 aliphatic heterocycles. The third kappa shape index (κ3) is 14.3. The number of carboxylic acids is 1. The topological polar surface area (TPSA) is 269 Å². The van der Waals surface area contributed by atoms with E-state index in [9.17, 15) is 29.1 Å². The zero-order chi connectivity index (χ0) is 35.6. The van der Waals surface area contributed by atoms with Crippen LogP contribution in [0.4, 0.5) is 5.69 Å². The number of carbonyl (C=O) groups excluding carboxylic acids is 4. The number of amides is 4. The number of fused-ring (bicyclic) bond motifs is 1. The molecule has 20 heteroatoms. The number of aliphatic imine (C=N–C) groups is 1. The van der Waals surface area contributed by atoms with Crippen molar-refractivity contribution in [3.8, 4) is 0 Å². The number of hydrogen-bond donors (Lipinski definition) is 8. The molecule has 0 fully saturated rings. The van der Waals surface area contributed by atoms with E-state index in [0.29, 0.717) is 59.8 Å². The van der Waals surface area contributed by atoms with Crippen LogP contribution >= 0.6 is 23.1 Å². The van der Waals surface area contributed by atoms with E-state index < -0.39 is 48.2 Å². The first-order chi connectivity index (χ1) is 23.5. The normalized spacial score (nSPS) is 14.5. The number of guanidine groups is 1.